The minimum atomic E-state index is -0.381. The number of benzene rings is 2. The van der Waals surface area contributed by atoms with Gasteiger partial charge in [0.15, 0.2) is 0 Å². The number of rotatable bonds is 4. The molecule has 6 heteroatoms. The number of carbonyl (C=O) groups excluding carboxylic acids is 1. The fourth-order valence-corrected chi connectivity index (χ4v) is 2.92. The van der Waals surface area contributed by atoms with Crippen LogP contribution in [-0.2, 0) is 17.8 Å². The fourth-order valence-electron chi connectivity index (χ4n) is 2.92. The van der Waals surface area contributed by atoms with Gasteiger partial charge in [-0.15, -0.1) is 12.4 Å². The summed E-state index contributed by atoms with van der Waals surface area (Å²) >= 11 is 0. The van der Waals surface area contributed by atoms with E-state index >= 15 is 0 Å². The van der Waals surface area contributed by atoms with E-state index in [1.165, 1.54) is 0 Å². The molecule has 0 saturated carbocycles. The minimum Gasteiger partial charge on any atom is -0.497 e. The molecule has 0 aliphatic carbocycles. The summed E-state index contributed by atoms with van der Waals surface area (Å²) in [6.45, 7) is 3.23. The summed E-state index contributed by atoms with van der Waals surface area (Å²) in [5, 5.41) is 5.93. The maximum Gasteiger partial charge on any atom is 0.231 e. The van der Waals surface area contributed by atoms with Crippen molar-refractivity contribution in [2.45, 2.75) is 25.8 Å². The predicted molar refractivity (Wildman–Crippen MR) is 99.1 cm³/mol. The van der Waals surface area contributed by atoms with E-state index in [0.29, 0.717) is 18.5 Å². The van der Waals surface area contributed by atoms with Gasteiger partial charge in [-0.3, -0.25) is 4.79 Å². The Balaban J connectivity index is 0.00000225. The van der Waals surface area contributed by atoms with Crippen molar-refractivity contribution in [3.8, 4) is 5.75 Å². The average Bonchev–Trinajstić information content (AvgIpc) is 2.63. The summed E-state index contributed by atoms with van der Waals surface area (Å²) in [7, 11) is 1.60. The molecule has 2 N–H and O–H groups in total. The Hall–Kier alpha value is -2.11. The molecule has 2 aromatic rings. The summed E-state index contributed by atoms with van der Waals surface area (Å²) in [5.74, 6) is -0.189. The van der Waals surface area contributed by atoms with Gasteiger partial charge in [0.05, 0.1) is 18.7 Å². The van der Waals surface area contributed by atoms with Gasteiger partial charge in [-0.1, -0.05) is 18.2 Å². The zero-order chi connectivity index (χ0) is 17.1. The van der Waals surface area contributed by atoms with Crippen LogP contribution in [0.25, 0.3) is 0 Å². The molecular formula is C19H22ClFN2O2. The molecule has 134 valence electrons. The van der Waals surface area contributed by atoms with Crippen LogP contribution >= 0.6 is 12.4 Å². The van der Waals surface area contributed by atoms with Crippen molar-refractivity contribution in [2.75, 3.05) is 19.0 Å². The van der Waals surface area contributed by atoms with Gasteiger partial charge in [0.1, 0.15) is 11.6 Å². The molecular weight excluding hydrogens is 343 g/mol. The molecule has 0 aromatic heterocycles. The van der Waals surface area contributed by atoms with Crippen LogP contribution in [0.2, 0.25) is 0 Å². The normalized spacial score (nSPS) is 14.0. The van der Waals surface area contributed by atoms with E-state index in [-0.39, 0.29) is 35.7 Å². The molecule has 1 heterocycles. The Labute approximate surface area is 153 Å². The lowest BCUT2D eigenvalue weighted by Gasteiger charge is -2.20. The van der Waals surface area contributed by atoms with Crippen molar-refractivity contribution < 1.29 is 13.9 Å². The van der Waals surface area contributed by atoms with E-state index in [4.69, 9.17) is 4.74 Å². The van der Waals surface area contributed by atoms with Gasteiger partial charge in [-0.2, -0.15) is 0 Å². The monoisotopic (exact) mass is 364 g/mol. The molecule has 0 spiro atoms. The summed E-state index contributed by atoms with van der Waals surface area (Å²) < 4.78 is 19.7. The number of amides is 1. The standard InChI is InChI=1S/C19H21FN2O2.ClH/c1-12(13-3-6-15(24-2)7-4-13)19(23)22-17-8-5-14-11-21-10-9-16(14)18(17)20;/h3-8,12,21H,9-11H2,1-2H3,(H,22,23);1H. The predicted octanol–water partition coefficient (Wildman–Crippen LogP) is 3.64. The molecule has 1 atom stereocenters. The molecule has 1 aliphatic heterocycles. The number of anilines is 1. The lowest BCUT2D eigenvalue weighted by atomic mass is 9.98. The van der Waals surface area contributed by atoms with Crippen molar-refractivity contribution in [1.29, 1.82) is 0 Å². The number of carbonyl (C=O) groups is 1. The van der Waals surface area contributed by atoms with Crippen molar-refractivity contribution in [3.63, 3.8) is 0 Å². The van der Waals surface area contributed by atoms with Gasteiger partial charge in [-0.05, 0) is 54.8 Å². The summed E-state index contributed by atoms with van der Waals surface area (Å²) in [6, 6.07) is 10.8. The van der Waals surface area contributed by atoms with Crippen LogP contribution in [0.1, 0.15) is 29.5 Å². The van der Waals surface area contributed by atoms with Crippen LogP contribution in [-0.4, -0.2) is 19.6 Å². The number of hydrogen-bond donors (Lipinski definition) is 2. The number of hydrogen-bond acceptors (Lipinski definition) is 3. The molecule has 4 nitrogen and oxygen atoms in total. The van der Waals surface area contributed by atoms with E-state index in [9.17, 15) is 9.18 Å². The Morgan fingerprint density at radius 1 is 1.24 bits per heavy atom. The number of ether oxygens (including phenoxy) is 1. The van der Waals surface area contributed by atoms with E-state index in [2.05, 4.69) is 10.6 Å². The topological polar surface area (TPSA) is 50.4 Å². The van der Waals surface area contributed by atoms with Crippen LogP contribution in [0, 0.1) is 5.82 Å². The molecule has 1 unspecified atom stereocenters. The maximum atomic E-state index is 14.6. The molecule has 2 aromatic carbocycles. The Bertz CT molecular complexity index is 750. The first-order valence-corrected chi connectivity index (χ1v) is 8.06. The third kappa shape index (κ3) is 4.11. The highest BCUT2D eigenvalue weighted by atomic mass is 35.5. The largest absolute Gasteiger partial charge is 0.497 e. The summed E-state index contributed by atoms with van der Waals surface area (Å²) in [4.78, 5) is 12.5. The van der Waals surface area contributed by atoms with Gasteiger partial charge in [0.25, 0.3) is 0 Å². The Morgan fingerprint density at radius 3 is 2.64 bits per heavy atom. The fraction of sp³-hybridized carbons (Fsp3) is 0.316. The SMILES string of the molecule is COc1ccc(C(C)C(=O)Nc2ccc3c(c2F)CCNC3)cc1.Cl. The molecule has 25 heavy (non-hydrogen) atoms. The maximum absolute atomic E-state index is 14.6. The Morgan fingerprint density at radius 2 is 1.96 bits per heavy atom. The molecule has 0 saturated heterocycles. The third-order valence-corrected chi connectivity index (χ3v) is 4.47. The molecule has 0 bridgehead atoms. The zero-order valence-electron chi connectivity index (χ0n) is 14.3. The summed E-state index contributed by atoms with van der Waals surface area (Å²) in [5.41, 5.74) is 2.76. The second-order valence-electron chi connectivity index (χ2n) is 5.98. The molecule has 1 aliphatic rings. The van der Waals surface area contributed by atoms with E-state index in [0.717, 1.165) is 23.4 Å². The van der Waals surface area contributed by atoms with Gasteiger partial charge < -0.3 is 15.4 Å². The van der Waals surface area contributed by atoms with Gasteiger partial charge >= 0.3 is 0 Å². The molecule has 0 fully saturated rings. The zero-order valence-corrected chi connectivity index (χ0v) is 15.1. The van der Waals surface area contributed by atoms with E-state index < -0.39 is 0 Å². The molecule has 1 amide bonds. The van der Waals surface area contributed by atoms with E-state index in [1.54, 1.807) is 20.1 Å². The quantitative estimate of drug-likeness (QED) is 0.870. The molecule has 0 radical (unpaired) electrons. The number of fused-ring (bicyclic) bond motifs is 1. The second kappa shape index (κ2) is 8.32. The highest BCUT2D eigenvalue weighted by Gasteiger charge is 2.20. The van der Waals surface area contributed by atoms with E-state index in [1.807, 2.05) is 30.3 Å². The van der Waals surface area contributed by atoms with Crippen LogP contribution in [0.3, 0.4) is 0 Å². The van der Waals surface area contributed by atoms with Gasteiger partial charge in [0, 0.05) is 6.54 Å². The first-order valence-electron chi connectivity index (χ1n) is 8.06. The van der Waals surface area contributed by atoms with Gasteiger partial charge in [0.2, 0.25) is 5.91 Å². The first-order chi connectivity index (χ1) is 11.6. The third-order valence-electron chi connectivity index (χ3n) is 4.47. The number of nitrogens with one attached hydrogen (secondary N) is 2. The van der Waals surface area contributed by atoms with Crippen LogP contribution < -0.4 is 15.4 Å². The second-order valence-corrected chi connectivity index (χ2v) is 5.98. The lowest BCUT2D eigenvalue weighted by molar-refractivity contribution is -0.117. The number of methoxy groups -OCH3 is 1. The highest BCUT2D eigenvalue weighted by molar-refractivity contribution is 5.95. The van der Waals surface area contributed by atoms with Crippen LogP contribution in [0.4, 0.5) is 10.1 Å². The lowest BCUT2D eigenvalue weighted by Crippen LogP contribution is -2.26. The number of halogens is 2. The van der Waals surface area contributed by atoms with Crippen LogP contribution in [0.15, 0.2) is 36.4 Å². The van der Waals surface area contributed by atoms with Gasteiger partial charge in [-0.25, -0.2) is 4.39 Å². The average molecular weight is 365 g/mol. The van der Waals surface area contributed by atoms with Crippen molar-refractivity contribution >= 4 is 24.0 Å². The van der Waals surface area contributed by atoms with Crippen molar-refractivity contribution in [2.24, 2.45) is 0 Å². The smallest absolute Gasteiger partial charge is 0.231 e. The highest BCUT2D eigenvalue weighted by Crippen LogP contribution is 2.26. The summed E-state index contributed by atoms with van der Waals surface area (Å²) in [6.07, 6.45) is 0.638. The van der Waals surface area contributed by atoms with Crippen LogP contribution in [0.5, 0.6) is 5.75 Å². The first kappa shape index (κ1) is 19.2. The minimum absolute atomic E-state index is 0. The van der Waals surface area contributed by atoms with Crippen molar-refractivity contribution in [3.05, 3.63) is 58.9 Å². The Kier molecular flexibility index (Phi) is 6.39. The van der Waals surface area contributed by atoms with Crippen molar-refractivity contribution in [1.82, 2.24) is 5.32 Å². The molecule has 3 rings (SSSR count).